The third-order valence-electron chi connectivity index (χ3n) is 4.32. The molecule has 1 N–H and O–H groups in total. The number of amides is 2. The average molecular weight is 357 g/mol. The van der Waals surface area contributed by atoms with Crippen LogP contribution in [-0.2, 0) is 16.0 Å². The van der Waals surface area contributed by atoms with E-state index in [2.05, 4.69) is 17.2 Å². The molecule has 2 amide bonds. The Morgan fingerprint density at radius 3 is 3.00 bits per heavy atom. The fourth-order valence-electron chi connectivity index (χ4n) is 3.14. The first kappa shape index (κ1) is 17.6. The van der Waals surface area contributed by atoms with E-state index in [1.54, 1.807) is 0 Å². The van der Waals surface area contributed by atoms with Crippen LogP contribution < -0.4 is 5.32 Å². The second kappa shape index (κ2) is 7.78. The molecule has 1 saturated heterocycles. The number of hydrogen-bond acceptors (Lipinski definition) is 4. The molecule has 6 heteroatoms. The number of likely N-dealkylation sites (tertiary alicyclic amines) is 1. The van der Waals surface area contributed by atoms with Crippen molar-refractivity contribution in [2.75, 3.05) is 18.4 Å². The summed E-state index contributed by atoms with van der Waals surface area (Å²) in [7, 11) is 0. The molecule has 1 atom stereocenters. The number of carbonyl (C=O) groups excluding carboxylic acids is 2. The van der Waals surface area contributed by atoms with Gasteiger partial charge in [0.05, 0.1) is 12.1 Å². The van der Waals surface area contributed by atoms with Crippen LogP contribution in [0.4, 0.5) is 5.69 Å². The largest absolute Gasteiger partial charge is 0.342 e. The lowest BCUT2D eigenvalue weighted by atomic mass is 10.00. The number of nitrogens with zero attached hydrogens (tertiary/aromatic N) is 2. The second-order valence-corrected chi connectivity index (χ2v) is 7.53. The minimum atomic E-state index is -0.0988. The van der Waals surface area contributed by atoms with Crippen LogP contribution in [0.5, 0.6) is 0 Å². The zero-order valence-corrected chi connectivity index (χ0v) is 15.4. The van der Waals surface area contributed by atoms with E-state index in [0.717, 1.165) is 41.5 Å². The zero-order valence-electron chi connectivity index (χ0n) is 14.6. The van der Waals surface area contributed by atoms with Crippen molar-refractivity contribution in [3.8, 4) is 10.6 Å². The van der Waals surface area contributed by atoms with Crippen LogP contribution >= 0.6 is 11.3 Å². The highest BCUT2D eigenvalue weighted by Gasteiger charge is 2.21. The van der Waals surface area contributed by atoms with Crippen LogP contribution in [0.15, 0.2) is 29.6 Å². The van der Waals surface area contributed by atoms with Crippen LogP contribution in [0, 0.1) is 5.92 Å². The summed E-state index contributed by atoms with van der Waals surface area (Å²) >= 11 is 1.52. The van der Waals surface area contributed by atoms with Crippen molar-refractivity contribution in [2.45, 2.75) is 33.1 Å². The Labute approximate surface area is 152 Å². The Bertz CT molecular complexity index is 772. The lowest BCUT2D eigenvalue weighted by molar-refractivity contribution is -0.132. The molecule has 132 valence electrons. The van der Waals surface area contributed by atoms with Crippen molar-refractivity contribution < 1.29 is 9.59 Å². The number of piperidine rings is 1. The van der Waals surface area contributed by atoms with Crippen molar-refractivity contribution >= 4 is 28.8 Å². The van der Waals surface area contributed by atoms with Gasteiger partial charge in [0.2, 0.25) is 11.8 Å². The van der Waals surface area contributed by atoms with Crippen LogP contribution in [0.25, 0.3) is 10.6 Å². The van der Waals surface area contributed by atoms with Gasteiger partial charge < -0.3 is 10.2 Å². The maximum atomic E-state index is 12.5. The van der Waals surface area contributed by atoms with Crippen LogP contribution in [0.3, 0.4) is 0 Å². The van der Waals surface area contributed by atoms with Crippen LogP contribution in [0.1, 0.15) is 32.4 Å². The molecule has 1 aliphatic rings. The molecular weight excluding hydrogens is 334 g/mol. The quantitative estimate of drug-likeness (QED) is 0.910. The highest BCUT2D eigenvalue weighted by Crippen LogP contribution is 2.26. The number of benzene rings is 1. The molecule has 2 aromatic rings. The Morgan fingerprint density at radius 1 is 1.40 bits per heavy atom. The molecule has 0 aliphatic carbocycles. The predicted molar refractivity (Wildman–Crippen MR) is 101 cm³/mol. The van der Waals surface area contributed by atoms with Gasteiger partial charge in [-0.25, -0.2) is 4.98 Å². The highest BCUT2D eigenvalue weighted by atomic mass is 32.1. The van der Waals surface area contributed by atoms with E-state index in [1.807, 2.05) is 34.5 Å². The molecule has 1 fully saturated rings. The van der Waals surface area contributed by atoms with Crippen molar-refractivity contribution in [3.63, 3.8) is 0 Å². The summed E-state index contributed by atoms with van der Waals surface area (Å²) in [4.78, 5) is 30.2. The topological polar surface area (TPSA) is 62.3 Å². The van der Waals surface area contributed by atoms with Gasteiger partial charge in [-0.1, -0.05) is 19.1 Å². The number of hydrogen-bond donors (Lipinski definition) is 1. The molecule has 1 aromatic carbocycles. The monoisotopic (exact) mass is 357 g/mol. The van der Waals surface area contributed by atoms with Gasteiger partial charge in [-0.3, -0.25) is 9.59 Å². The Morgan fingerprint density at radius 2 is 2.24 bits per heavy atom. The number of rotatable bonds is 4. The molecule has 0 radical (unpaired) electrons. The normalized spacial score (nSPS) is 17.4. The predicted octanol–water partition coefficient (Wildman–Crippen LogP) is 3.57. The molecule has 0 saturated carbocycles. The molecule has 1 unspecified atom stereocenters. The number of carbonyl (C=O) groups is 2. The fourth-order valence-corrected chi connectivity index (χ4v) is 3.95. The zero-order chi connectivity index (χ0) is 17.8. The smallest absolute Gasteiger partial charge is 0.228 e. The highest BCUT2D eigenvalue weighted by molar-refractivity contribution is 7.13. The van der Waals surface area contributed by atoms with Gasteiger partial charge in [0.15, 0.2) is 0 Å². The summed E-state index contributed by atoms with van der Waals surface area (Å²) in [5.74, 6) is 0.647. The summed E-state index contributed by atoms with van der Waals surface area (Å²) in [6.07, 6.45) is 2.65. The minimum Gasteiger partial charge on any atom is -0.342 e. The molecule has 1 aromatic heterocycles. The molecule has 3 rings (SSSR count). The average Bonchev–Trinajstić information content (AvgIpc) is 3.03. The van der Waals surface area contributed by atoms with Gasteiger partial charge in [-0.05, 0) is 30.9 Å². The number of nitrogens with one attached hydrogen (secondary N) is 1. The van der Waals surface area contributed by atoms with Crippen LogP contribution in [-0.4, -0.2) is 34.8 Å². The Balaban J connectivity index is 1.68. The first-order chi connectivity index (χ1) is 12.0. The number of anilines is 1. The van der Waals surface area contributed by atoms with E-state index in [1.165, 1.54) is 24.7 Å². The first-order valence-electron chi connectivity index (χ1n) is 8.61. The summed E-state index contributed by atoms with van der Waals surface area (Å²) in [6.45, 7) is 5.40. The summed E-state index contributed by atoms with van der Waals surface area (Å²) < 4.78 is 0. The van der Waals surface area contributed by atoms with E-state index in [9.17, 15) is 9.59 Å². The molecule has 0 spiro atoms. The molecule has 0 bridgehead atoms. The maximum absolute atomic E-state index is 12.5. The first-order valence-corrected chi connectivity index (χ1v) is 9.49. The van der Waals surface area contributed by atoms with E-state index in [4.69, 9.17) is 0 Å². The molecule has 5 nitrogen and oxygen atoms in total. The van der Waals surface area contributed by atoms with Gasteiger partial charge in [0, 0.05) is 36.6 Å². The van der Waals surface area contributed by atoms with Crippen molar-refractivity contribution in [1.82, 2.24) is 9.88 Å². The molecule has 25 heavy (non-hydrogen) atoms. The van der Waals surface area contributed by atoms with E-state index >= 15 is 0 Å². The van der Waals surface area contributed by atoms with Crippen LogP contribution in [0.2, 0.25) is 0 Å². The van der Waals surface area contributed by atoms with Gasteiger partial charge in [0.25, 0.3) is 0 Å². The van der Waals surface area contributed by atoms with Crippen molar-refractivity contribution in [1.29, 1.82) is 0 Å². The SMILES string of the molecule is CC(=O)Nc1cccc(-c2nc(CC(=O)N3CCCC(C)C3)cs2)c1. The van der Waals surface area contributed by atoms with E-state index in [0.29, 0.717) is 12.3 Å². The minimum absolute atomic E-state index is 0.0988. The van der Waals surface area contributed by atoms with E-state index < -0.39 is 0 Å². The number of thiazole rings is 1. The summed E-state index contributed by atoms with van der Waals surface area (Å²) in [5.41, 5.74) is 2.51. The van der Waals surface area contributed by atoms with Crippen molar-refractivity contribution in [2.24, 2.45) is 5.92 Å². The fraction of sp³-hybridized carbons (Fsp3) is 0.421. The molecule has 2 heterocycles. The van der Waals surface area contributed by atoms with Gasteiger partial charge >= 0.3 is 0 Å². The van der Waals surface area contributed by atoms with Gasteiger partial charge in [-0.15, -0.1) is 11.3 Å². The van der Waals surface area contributed by atoms with Crippen molar-refractivity contribution in [3.05, 3.63) is 35.3 Å². The summed E-state index contributed by atoms with van der Waals surface area (Å²) in [6, 6.07) is 7.60. The summed E-state index contributed by atoms with van der Waals surface area (Å²) in [5, 5.41) is 5.59. The lowest BCUT2D eigenvalue weighted by Gasteiger charge is -2.30. The molecular formula is C19H23N3O2S. The third kappa shape index (κ3) is 4.66. The Hall–Kier alpha value is -2.21. The van der Waals surface area contributed by atoms with Gasteiger partial charge in [-0.2, -0.15) is 0 Å². The van der Waals surface area contributed by atoms with E-state index in [-0.39, 0.29) is 11.8 Å². The standard InChI is InChI=1S/C19H23N3O2S/c1-13-5-4-8-22(11-13)18(24)10-17-12-25-19(21-17)15-6-3-7-16(9-15)20-14(2)23/h3,6-7,9,12-13H,4-5,8,10-11H2,1-2H3,(H,20,23). The number of aromatic nitrogens is 1. The molecule has 1 aliphatic heterocycles. The maximum Gasteiger partial charge on any atom is 0.228 e. The Kier molecular flexibility index (Phi) is 5.48. The van der Waals surface area contributed by atoms with Gasteiger partial charge in [0.1, 0.15) is 5.01 Å². The third-order valence-corrected chi connectivity index (χ3v) is 5.26. The lowest BCUT2D eigenvalue weighted by Crippen LogP contribution is -2.39. The second-order valence-electron chi connectivity index (χ2n) is 6.67.